The van der Waals surface area contributed by atoms with E-state index < -0.39 is 26.0 Å². The Morgan fingerprint density at radius 1 is 1.34 bits per heavy atom. The topological polar surface area (TPSA) is 147 Å². The number of nitrogens with one attached hydrogen (secondary N) is 3. The number of hydrogen-bond acceptors (Lipinski definition) is 8. The Bertz CT molecular complexity index is 1120. The predicted molar refractivity (Wildman–Crippen MR) is 103 cm³/mol. The van der Waals surface area contributed by atoms with E-state index in [4.69, 9.17) is 14.7 Å². The number of aryl methyl sites for hydroxylation is 1. The van der Waals surface area contributed by atoms with E-state index in [1.165, 1.54) is 13.8 Å². The molecule has 3 N–H and O–H groups in total. The first-order valence-corrected chi connectivity index (χ1v) is 10.6. The van der Waals surface area contributed by atoms with Crippen LogP contribution in [-0.2, 0) is 26.7 Å². The highest BCUT2D eigenvalue weighted by atomic mass is 32.2. The SMILES string of the molecule is Cc1nc(C(=O)Nc2ccc3c(c2)[C@]2(COC3)CS(=O)(=O)C(C)(C)C(=N)N2)no1. The second kappa shape index (κ2) is 6.36. The molecule has 1 amide bonds. The van der Waals surface area contributed by atoms with Gasteiger partial charge in [0, 0.05) is 12.6 Å². The molecule has 1 aromatic carbocycles. The van der Waals surface area contributed by atoms with Crippen molar-refractivity contribution in [2.45, 2.75) is 37.7 Å². The highest BCUT2D eigenvalue weighted by Crippen LogP contribution is 2.39. The summed E-state index contributed by atoms with van der Waals surface area (Å²) >= 11 is 0. The molecule has 29 heavy (non-hydrogen) atoms. The molecule has 0 aliphatic carbocycles. The van der Waals surface area contributed by atoms with E-state index in [2.05, 4.69) is 20.8 Å². The van der Waals surface area contributed by atoms with Gasteiger partial charge in [0.2, 0.25) is 5.89 Å². The molecular formula is C18H21N5O5S. The quantitative estimate of drug-likeness (QED) is 0.656. The summed E-state index contributed by atoms with van der Waals surface area (Å²) in [5, 5.41) is 17.7. The first-order chi connectivity index (χ1) is 13.5. The molecule has 0 bridgehead atoms. The van der Waals surface area contributed by atoms with E-state index >= 15 is 0 Å². The van der Waals surface area contributed by atoms with Crippen LogP contribution < -0.4 is 10.6 Å². The van der Waals surface area contributed by atoms with Gasteiger partial charge in [-0.3, -0.25) is 10.2 Å². The third-order valence-corrected chi connectivity index (χ3v) is 8.03. The molecule has 2 aliphatic heterocycles. The molecule has 0 radical (unpaired) electrons. The van der Waals surface area contributed by atoms with Crippen LogP contribution in [0.3, 0.4) is 0 Å². The molecule has 0 unspecified atom stereocenters. The normalized spacial score (nSPS) is 24.6. The molecule has 2 aromatic rings. The number of aromatic nitrogens is 2. The van der Waals surface area contributed by atoms with E-state index in [-0.39, 0.29) is 29.9 Å². The Morgan fingerprint density at radius 2 is 2.10 bits per heavy atom. The van der Waals surface area contributed by atoms with Crippen LogP contribution in [0, 0.1) is 12.3 Å². The molecule has 2 aliphatic rings. The average Bonchev–Trinajstić information content (AvgIpc) is 3.07. The zero-order valence-electron chi connectivity index (χ0n) is 16.2. The first kappa shape index (κ1) is 19.5. The fourth-order valence-electron chi connectivity index (χ4n) is 3.53. The third-order valence-electron chi connectivity index (χ3n) is 5.40. The Balaban J connectivity index is 1.71. The van der Waals surface area contributed by atoms with Crippen molar-refractivity contribution in [3.05, 3.63) is 41.0 Å². The molecule has 1 aromatic heterocycles. The van der Waals surface area contributed by atoms with Gasteiger partial charge in [0.15, 0.2) is 9.84 Å². The van der Waals surface area contributed by atoms with Gasteiger partial charge >= 0.3 is 0 Å². The van der Waals surface area contributed by atoms with Crippen LogP contribution in [0.4, 0.5) is 5.69 Å². The maximum Gasteiger partial charge on any atom is 0.297 e. The summed E-state index contributed by atoms with van der Waals surface area (Å²) in [4.78, 5) is 16.2. The molecule has 4 rings (SSSR count). The largest absolute Gasteiger partial charge is 0.374 e. The van der Waals surface area contributed by atoms with Gasteiger partial charge in [0.25, 0.3) is 11.7 Å². The van der Waals surface area contributed by atoms with Crippen LogP contribution in [0.25, 0.3) is 0 Å². The first-order valence-electron chi connectivity index (χ1n) is 8.96. The van der Waals surface area contributed by atoms with Crippen LogP contribution in [0.15, 0.2) is 22.7 Å². The maximum atomic E-state index is 12.9. The van der Waals surface area contributed by atoms with Crippen LogP contribution in [0.1, 0.15) is 41.5 Å². The molecule has 154 valence electrons. The van der Waals surface area contributed by atoms with Crippen molar-refractivity contribution in [3.8, 4) is 0 Å². The molecule has 1 spiro atoms. The second-order valence-electron chi connectivity index (χ2n) is 7.81. The smallest absolute Gasteiger partial charge is 0.297 e. The Morgan fingerprint density at radius 3 is 2.76 bits per heavy atom. The predicted octanol–water partition coefficient (Wildman–Crippen LogP) is 1.13. The van der Waals surface area contributed by atoms with Gasteiger partial charge in [-0.25, -0.2) is 8.42 Å². The highest BCUT2D eigenvalue weighted by molar-refractivity contribution is 7.93. The summed E-state index contributed by atoms with van der Waals surface area (Å²) in [5.74, 6) is -0.670. The van der Waals surface area contributed by atoms with Gasteiger partial charge in [-0.15, -0.1) is 0 Å². The fourth-order valence-corrected chi connectivity index (χ4v) is 5.21. The fraction of sp³-hybridized carbons (Fsp3) is 0.444. The monoisotopic (exact) mass is 419 g/mol. The van der Waals surface area contributed by atoms with E-state index in [1.54, 1.807) is 25.1 Å². The highest BCUT2D eigenvalue weighted by Gasteiger charge is 2.54. The molecule has 1 saturated heterocycles. The van der Waals surface area contributed by atoms with Crippen molar-refractivity contribution in [2.24, 2.45) is 0 Å². The number of sulfone groups is 1. The Kier molecular flexibility index (Phi) is 4.28. The average molecular weight is 419 g/mol. The number of rotatable bonds is 2. The lowest BCUT2D eigenvalue weighted by Crippen LogP contribution is -2.67. The lowest BCUT2D eigenvalue weighted by atomic mass is 9.85. The zero-order chi connectivity index (χ0) is 21.0. The van der Waals surface area contributed by atoms with Gasteiger partial charge in [-0.05, 0) is 37.1 Å². The van der Waals surface area contributed by atoms with Crippen LogP contribution in [0.2, 0.25) is 0 Å². The molecule has 10 nitrogen and oxygen atoms in total. The van der Waals surface area contributed by atoms with Crippen LogP contribution >= 0.6 is 0 Å². The van der Waals surface area contributed by atoms with Gasteiger partial charge < -0.3 is 19.9 Å². The Hall–Kier alpha value is -2.79. The third kappa shape index (κ3) is 3.10. The van der Waals surface area contributed by atoms with Crippen molar-refractivity contribution in [1.82, 2.24) is 15.5 Å². The van der Waals surface area contributed by atoms with Gasteiger partial charge in [0.1, 0.15) is 16.1 Å². The number of benzene rings is 1. The lowest BCUT2D eigenvalue weighted by molar-refractivity contribution is 0.0513. The number of ether oxygens (including phenoxy) is 1. The Labute approximate surface area is 167 Å². The number of amides is 1. The van der Waals surface area contributed by atoms with Crippen molar-refractivity contribution >= 4 is 27.3 Å². The van der Waals surface area contributed by atoms with Crippen LogP contribution in [0.5, 0.6) is 0 Å². The van der Waals surface area contributed by atoms with Crippen molar-refractivity contribution in [3.63, 3.8) is 0 Å². The maximum absolute atomic E-state index is 12.9. The van der Waals surface area contributed by atoms with E-state index in [0.29, 0.717) is 17.9 Å². The van der Waals surface area contributed by atoms with Crippen molar-refractivity contribution < 1.29 is 22.5 Å². The number of carbonyl (C=O) groups is 1. The number of anilines is 1. The minimum absolute atomic E-state index is 0.0862. The molecule has 3 heterocycles. The number of nitrogens with zero attached hydrogens (tertiary/aromatic N) is 2. The summed E-state index contributed by atoms with van der Waals surface area (Å²) in [6.45, 7) is 5.02. The minimum atomic E-state index is -3.62. The molecule has 11 heteroatoms. The van der Waals surface area contributed by atoms with Crippen molar-refractivity contribution in [2.75, 3.05) is 17.7 Å². The number of hydrogen-bond donors (Lipinski definition) is 3. The number of amidine groups is 1. The van der Waals surface area contributed by atoms with E-state index in [9.17, 15) is 13.2 Å². The molecule has 0 saturated carbocycles. The van der Waals surface area contributed by atoms with Gasteiger partial charge in [-0.2, -0.15) is 4.98 Å². The van der Waals surface area contributed by atoms with Crippen LogP contribution in [-0.4, -0.2) is 47.4 Å². The lowest BCUT2D eigenvalue weighted by Gasteiger charge is -2.47. The van der Waals surface area contributed by atoms with E-state index in [0.717, 1.165) is 5.56 Å². The summed E-state index contributed by atoms with van der Waals surface area (Å²) < 4.78 is 35.0. The number of fused-ring (bicyclic) bond motifs is 2. The summed E-state index contributed by atoms with van der Waals surface area (Å²) in [7, 11) is -3.62. The standard InChI is InChI=1S/C18H21N5O5S/c1-10-20-14(23-28-10)15(24)21-12-5-4-11-7-27-8-18(13(11)6-12)9-29(25,26)17(2,3)16(19)22-18/h4-6H,7-9H2,1-3H3,(H2,19,22)(H,21,24)/t18-/m0/s1. The number of carbonyl (C=O) groups excluding carboxylic acids is 1. The van der Waals surface area contributed by atoms with Crippen molar-refractivity contribution in [1.29, 1.82) is 5.41 Å². The summed E-state index contributed by atoms with van der Waals surface area (Å²) in [5.41, 5.74) is 0.824. The molecular weight excluding hydrogens is 398 g/mol. The second-order valence-corrected chi connectivity index (χ2v) is 10.3. The van der Waals surface area contributed by atoms with Gasteiger partial charge in [-0.1, -0.05) is 11.2 Å². The zero-order valence-corrected chi connectivity index (χ0v) is 17.0. The molecule has 1 atom stereocenters. The summed E-state index contributed by atoms with van der Waals surface area (Å²) in [6.07, 6.45) is 0. The summed E-state index contributed by atoms with van der Waals surface area (Å²) in [6, 6.07) is 5.17. The van der Waals surface area contributed by atoms with E-state index in [1.807, 2.05) is 0 Å². The molecule has 1 fully saturated rings. The minimum Gasteiger partial charge on any atom is -0.374 e. The van der Waals surface area contributed by atoms with Gasteiger partial charge in [0.05, 0.1) is 19.0 Å².